The minimum absolute atomic E-state index is 0.00585. The highest BCUT2D eigenvalue weighted by Crippen LogP contribution is 2.59. The molecule has 1 aromatic carbocycles. The molecule has 2 N–H and O–H groups in total. The van der Waals surface area contributed by atoms with Crippen LogP contribution in [0.5, 0.6) is 0 Å². The quantitative estimate of drug-likeness (QED) is 0.694. The standard InChI is InChI=1S/C20H26Cl2N2O3/c1-11-7-6-8-15(13(11)3)24-19(26)27-12(2)10-23-18(25)17-14(9-16(21)22)20(17,4)5/h6-9,12,14,17H,10H2,1-5H3,(H,23,25)(H,24,26)/t12-,14-,17-/m1/s1. The summed E-state index contributed by atoms with van der Waals surface area (Å²) in [6, 6.07) is 5.67. The molecule has 1 aromatic rings. The Kier molecular flexibility index (Phi) is 6.82. The number of rotatable bonds is 6. The van der Waals surface area contributed by atoms with Crippen molar-refractivity contribution >= 4 is 40.9 Å². The third-order valence-electron chi connectivity index (χ3n) is 5.21. The summed E-state index contributed by atoms with van der Waals surface area (Å²) >= 11 is 11.4. The van der Waals surface area contributed by atoms with E-state index in [0.29, 0.717) is 5.69 Å². The Hall–Kier alpha value is -1.72. The molecule has 1 aliphatic carbocycles. The van der Waals surface area contributed by atoms with Crippen molar-refractivity contribution in [2.45, 2.75) is 40.7 Å². The third kappa shape index (κ3) is 5.39. The molecule has 2 amide bonds. The minimum atomic E-state index is -0.549. The first-order chi connectivity index (χ1) is 12.5. The second-order valence-electron chi connectivity index (χ2n) is 7.61. The van der Waals surface area contributed by atoms with Gasteiger partial charge in [-0.15, -0.1) is 0 Å². The SMILES string of the molecule is Cc1cccc(NC(=O)O[C@H](C)CNC(=O)[C@H]2[C@@H](C=C(Cl)Cl)C2(C)C)c1C. The minimum Gasteiger partial charge on any atom is -0.444 e. The van der Waals surface area contributed by atoms with Gasteiger partial charge >= 0.3 is 6.09 Å². The van der Waals surface area contributed by atoms with E-state index in [4.69, 9.17) is 27.9 Å². The molecule has 0 unspecified atom stereocenters. The molecule has 5 nitrogen and oxygen atoms in total. The number of carbonyl (C=O) groups excluding carboxylic acids is 2. The number of allylic oxidation sites excluding steroid dienone is 1. The number of aryl methyl sites for hydroxylation is 1. The summed E-state index contributed by atoms with van der Waals surface area (Å²) in [5.41, 5.74) is 2.59. The van der Waals surface area contributed by atoms with Crippen LogP contribution in [0.4, 0.5) is 10.5 Å². The van der Waals surface area contributed by atoms with E-state index in [2.05, 4.69) is 10.6 Å². The molecule has 0 aromatic heterocycles. The van der Waals surface area contributed by atoms with E-state index < -0.39 is 12.2 Å². The Labute approximate surface area is 170 Å². The van der Waals surface area contributed by atoms with Crippen LogP contribution < -0.4 is 10.6 Å². The Morgan fingerprint density at radius 3 is 2.59 bits per heavy atom. The number of hydrogen-bond donors (Lipinski definition) is 2. The molecule has 0 aliphatic heterocycles. The zero-order valence-corrected chi connectivity index (χ0v) is 17.7. The number of amides is 2. The summed E-state index contributed by atoms with van der Waals surface area (Å²) in [6.07, 6.45) is 0.684. The van der Waals surface area contributed by atoms with Crippen LogP contribution in [0.15, 0.2) is 28.8 Å². The topological polar surface area (TPSA) is 67.4 Å². The van der Waals surface area contributed by atoms with Gasteiger partial charge in [-0.3, -0.25) is 10.1 Å². The van der Waals surface area contributed by atoms with Crippen molar-refractivity contribution in [2.24, 2.45) is 17.3 Å². The van der Waals surface area contributed by atoms with E-state index in [1.54, 1.807) is 13.0 Å². The van der Waals surface area contributed by atoms with Gasteiger partial charge in [0.15, 0.2) is 0 Å². The number of ether oxygens (including phenoxy) is 1. The van der Waals surface area contributed by atoms with E-state index in [1.165, 1.54) is 0 Å². The lowest BCUT2D eigenvalue weighted by Crippen LogP contribution is -2.35. The lowest BCUT2D eigenvalue weighted by molar-refractivity contribution is -0.123. The lowest BCUT2D eigenvalue weighted by atomic mass is 10.1. The van der Waals surface area contributed by atoms with Crippen molar-refractivity contribution in [3.8, 4) is 0 Å². The normalized spacial score (nSPS) is 21.0. The summed E-state index contributed by atoms with van der Waals surface area (Å²) in [5.74, 6) is -0.284. The molecule has 1 fully saturated rings. The molecule has 0 bridgehead atoms. The molecule has 1 saturated carbocycles. The van der Waals surface area contributed by atoms with Crippen LogP contribution in [-0.2, 0) is 9.53 Å². The van der Waals surface area contributed by atoms with E-state index in [-0.39, 0.29) is 34.2 Å². The largest absolute Gasteiger partial charge is 0.444 e. The number of halogens is 2. The first-order valence-corrected chi connectivity index (χ1v) is 9.64. The third-order valence-corrected chi connectivity index (χ3v) is 5.46. The maximum atomic E-state index is 12.4. The maximum absolute atomic E-state index is 12.4. The van der Waals surface area contributed by atoms with Gasteiger partial charge in [-0.25, -0.2) is 4.79 Å². The molecule has 0 saturated heterocycles. The Balaban J connectivity index is 1.81. The highest BCUT2D eigenvalue weighted by atomic mass is 35.5. The van der Waals surface area contributed by atoms with Gasteiger partial charge in [0.05, 0.1) is 12.5 Å². The number of carbonyl (C=O) groups is 2. The van der Waals surface area contributed by atoms with E-state index in [0.717, 1.165) is 11.1 Å². The van der Waals surface area contributed by atoms with Crippen LogP contribution >= 0.6 is 23.2 Å². The average Bonchev–Trinajstić information content (AvgIpc) is 3.09. The number of nitrogens with one attached hydrogen (secondary N) is 2. The van der Waals surface area contributed by atoms with Crippen molar-refractivity contribution in [1.82, 2.24) is 5.32 Å². The molecular weight excluding hydrogens is 387 g/mol. The van der Waals surface area contributed by atoms with Gasteiger partial charge in [-0.1, -0.05) is 49.2 Å². The van der Waals surface area contributed by atoms with E-state index >= 15 is 0 Å². The number of anilines is 1. The fourth-order valence-corrected chi connectivity index (χ4v) is 3.50. The Morgan fingerprint density at radius 1 is 1.30 bits per heavy atom. The molecule has 27 heavy (non-hydrogen) atoms. The molecule has 0 radical (unpaired) electrons. The van der Waals surface area contributed by atoms with Crippen LogP contribution in [0.3, 0.4) is 0 Å². The first kappa shape index (κ1) is 21.6. The summed E-state index contributed by atoms with van der Waals surface area (Å²) in [5, 5.41) is 5.57. The molecule has 0 heterocycles. The summed E-state index contributed by atoms with van der Waals surface area (Å²) < 4.78 is 5.49. The highest BCUT2D eigenvalue weighted by Gasteiger charge is 2.60. The van der Waals surface area contributed by atoms with Crippen molar-refractivity contribution in [3.63, 3.8) is 0 Å². The number of hydrogen-bond acceptors (Lipinski definition) is 3. The van der Waals surface area contributed by atoms with Gasteiger partial charge in [-0.05, 0) is 55.4 Å². The average molecular weight is 413 g/mol. The Morgan fingerprint density at radius 2 is 1.96 bits per heavy atom. The smallest absolute Gasteiger partial charge is 0.411 e. The molecular formula is C20H26Cl2N2O3. The molecule has 7 heteroatoms. The predicted octanol–water partition coefficient (Wildman–Crippen LogP) is 4.95. The van der Waals surface area contributed by atoms with E-state index in [9.17, 15) is 9.59 Å². The van der Waals surface area contributed by atoms with Crippen LogP contribution in [-0.4, -0.2) is 24.6 Å². The molecule has 2 rings (SSSR count). The zero-order chi connectivity index (χ0) is 20.4. The monoisotopic (exact) mass is 412 g/mol. The summed E-state index contributed by atoms with van der Waals surface area (Å²) in [7, 11) is 0. The second-order valence-corrected chi connectivity index (χ2v) is 8.62. The van der Waals surface area contributed by atoms with Gasteiger partial charge in [-0.2, -0.15) is 0 Å². The summed E-state index contributed by atoms with van der Waals surface area (Å²) in [6.45, 7) is 9.86. The highest BCUT2D eigenvalue weighted by molar-refractivity contribution is 6.55. The molecule has 1 aliphatic rings. The zero-order valence-electron chi connectivity index (χ0n) is 16.2. The lowest BCUT2D eigenvalue weighted by Gasteiger charge is -2.16. The molecule has 148 valence electrons. The van der Waals surface area contributed by atoms with Crippen molar-refractivity contribution in [1.29, 1.82) is 0 Å². The van der Waals surface area contributed by atoms with Gasteiger partial charge in [0.2, 0.25) is 5.91 Å². The van der Waals surface area contributed by atoms with Crippen molar-refractivity contribution in [3.05, 3.63) is 39.9 Å². The fraction of sp³-hybridized carbons (Fsp3) is 0.500. The second kappa shape index (κ2) is 8.53. The van der Waals surface area contributed by atoms with Crippen LogP contribution in [0.25, 0.3) is 0 Å². The van der Waals surface area contributed by atoms with Crippen molar-refractivity contribution in [2.75, 3.05) is 11.9 Å². The molecule has 0 spiro atoms. The van der Waals surface area contributed by atoms with E-state index in [1.807, 2.05) is 45.9 Å². The van der Waals surface area contributed by atoms with Crippen molar-refractivity contribution < 1.29 is 14.3 Å². The van der Waals surface area contributed by atoms with Gasteiger partial charge in [0, 0.05) is 5.69 Å². The predicted molar refractivity (Wildman–Crippen MR) is 109 cm³/mol. The summed E-state index contributed by atoms with van der Waals surface area (Å²) in [4.78, 5) is 24.5. The van der Waals surface area contributed by atoms with Gasteiger partial charge in [0.1, 0.15) is 10.6 Å². The Bertz CT molecular complexity index is 758. The maximum Gasteiger partial charge on any atom is 0.411 e. The van der Waals surface area contributed by atoms with Crippen LogP contribution in [0.2, 0.25) is 0 Å². The van der Waals surface area contributed by atoms with Crippen LogP contribution in [0, 0.1) is 31.1 Å². The van der Waals surface area contributed by atoms with Gasteiger partial charge < -0.3 is 10.1 Å². The van der Waals surface area contributed by atoms with Crippen LogP contribution in [0.1, 0.15) is 31.9 Å². The first-order valence-electron chi connectivity index (χ1n) is 8.88. The molecule has 3 atom stereocenters. The fourth-order valence-electron chi connectivity index (χ4n) is 3.23. The number of benzene rings is 1. The van der Waals surface area contributed by atoms with Gasteiger partial charge in [0.25, 0.3) is 0 Å².